The maximum atomic E-state index is 12.5. The van der Waals surface area contributed by atoms with E-state index in [1.165, 1.54) is 17.0 Å². The maximum absolute atomic E-state index is 12.5. The highest BCUT2D eigenvalue weighted by Gasteiger charge is 2.21. The summed E-state index contributed by atoms with van der Waals surface area (Å²) in [6, 6.07) is 8.23. The zero-order valence-corrected chi connectivity index (χ0v) is 16.4. The molecule has 2 heterocycles. The first-order chi connectivity index (χ1) is 11.9. The first-order valence-corrected chi connectivity index (χ1v) is 10.3. The van der Waals surface area contributed by atoms with Crippen LogP contribution in [0.3, 0.4) is 0 Å². The van der Waals surface area contributed by atoms with Crippen LogP contribution in [0.25, 0.3) is 0 Å². The van der Waals surface area contributed by atoms with E-state index in [1.54, 1.807) is 5.51 Å². The van der Waals surface area contributed by atoms with Crippen LogP contribution in [0.4, 0.5) is 5.69 Å². The Balaban J connectivity index is 1.91. The van der Waals surface area contributed by atoms with Gasteiger partial charge in [-0.3, -0.25) is 0 Å². The van der Waals surface area contributed by atoms with Crippen molar-refractivity contribution in [3.05, 3.63) is 46.4 Å². The fraction of sp³-hybridized carbons (Fsp3) is 0.444. The second-order valence-corrected chi connectivity index (χ2v) is 9.45. The number of nitrogens with zero attached hydrogens (tertiary/aromatic N) is 3. The number of rotatable bonds is 4. The summed E-state index contributed by atoms with van der Waals surface area (Å²) in [4.78, 5) is 6.67. The van der Waals surface area contributed by atoms with Crippen molar-refractivity contribution in [2.45, 2.75) is 25.5 Å². The van der Waals surface area contributed by atoms with E-state index in [0.29, 0.717) is 5.71 Å². The van der Waals surface area contributed by atoms with Crippen molar-refractivity contribution >= 4 is 33.7 Å². The average Bonchev–Trinajstić information content (AvgIpc) is 3.14. The molecule has 25 heavy (non-hydrogen) atoms. The molecular weight excluding hydrogens is 354 g/mol. The van der Waals surface area contributed by atoms with Gasteiger partial charge in [-0.05, 0) is 32.9 Å². The molecule has 1 saturated heterocycles. The van der Waals surface area contributed by atoms with E-state index < -0.39 is 15.7 Å². The summed E-state index contributed by atoms with van der Waals surface area (Å²) in [5.41, 5.74) is 5.32. The highest BCUT2D eigenvalue weighted by Crippen LogP contribution is 2.21. The SMILES string of the molecule is CC(C)(C)S(=O)/N=C(/c1ccc(N2CCOCC2)cc1)c1cscn1. The van der Waals surface area contributed by atoms with Crippen molar-refractivity contribution in [2.75, 3.05) is 31.2 Å². The standard InChI is InChI=1S/C18H23N3O2S2/c1-18(2,3)25(22)20-17(16-12-24-13-19-16)14-4-6-15(7-5-14)21-8-10-23-11-9-21/h4-7,12-13H,8-11H2,1-3H3/b20-17-. The van der Waals surface area contributed by atoms with Crippen molar-refractivity contribution in [3.63, 3.8) is 0 Å². The topological polar surface area (TPSA) is 54.8 Å². The molecule has 0 aliphatic carbocycles. The van der Waals surface area contributed by atoms with Gasteiger partial charge >= 0.3 is 0 Å². The smallest absolute Gasteiger partial charge is 0.145 e. The summed E-state index contributed by atoms with van der Waals surface area (Å²) in [5.74, 6) is 0. The van der Waals surface area contributed by atoms with Gasteiger partial charge in [-0.1, -0.05) is 12.1 Å². The van der Waals surface area contributed by atoms with Gasteiger partial charge < -0.3 is 9.64 Å². The minimum atomic E-state index is -1.34. The van der Waals surface area contributed by atoms with Gasteiger partial charge in [-0.15, -0.1) is 11.3 Å². The minimum Gasteiger partial charge on any atom is -0.378 e. The van der Waals surface area contributed by atoms with Gasteiger partial charge in [-0.25, -0.2) is 9.19 Å². The number of hydrogen-bond acceptors (Lipinski definition) is 5. The monoisotopic (exact) mass is 377 g/mol. The molecule has 134 valence electrons. The molecule has 0 bridgehead atoms. The second-order valence-electron chi connectivity index (χ2n) is 6.82. The van der Waals surface area contributed by atoms with Crippen molar-refractivity contribution in [2.24, 2.45) is 4.40 Å². The summed E-state index contributed by atoms with van der Waals surface area (Å²) >= 11 is 1.51. The highest BCUT2D eigenvalue weighted by molar-refractivity contribution is 7.85. The Morgan fingerprint density at radius 2 is 1.92 bits per heavy atom. The van der Waals surface area contributed by atoms with Crippen LogP contribution in [0.2, 0.25) is 0 Å². The molecule has 0 spiro atoms. The van der Waals surface area contributed by atoms with Crippen LogP contribution in [0.1, 0.15) is 32.0 Å². The Hall–Kier alpha value is -1.57. The van der Waals surface area contributed by atoms with Crippen LogP contribution in [-0.4, -0.2) is 46.0 Å². The zero-order chi connectivity index (χ0) is 17.9. The molecule has 0 saturated carbocycles. The predicted octanol–water partition coefficient (Wildman–Crippen LogP) is 3.28. The van der Waals surface area contributed by atoms with E-state index >= 15 is 0 Å². The number of anilines is 1. The van der Waals surface area contributed by atoms with Gasteiger partial charge in [0.15, 0.2) is 0 Å². The lowest BCUT2D eigenvalue weighted by molar-refractivity contribution is 0.122. The Morgan fingerprint density at radius 1 is 1.24 bits per heavy atom. The van der Waals surface area contributed by atoms with Crippen molar-refractivity contribution in [1.82, 2.24) is 4.98 Å². The third-order valence-corrected chi connectivity index (χ3v) is 5.87. The van der Waals surface area contributed by atoms with Gasteiger partial charge in [0.1, 0.15) is 22.4 Å². The number of aromatic nitrogens is 1. The van der Waals surface area contributed by atoms with Gasteiger partial charge in [0.2, 0.25) is 0 Å². The number of thiazole rings is 1. The lowest BCUT2D eigenvalue weighted by Crippen LogP contribution is -2.36. The molecule has 1 aromatic heterocycles. The van der Waals surface area contributed by atoms with Crippen LogP contribution in [0, 0.1) is 0 Å². The molecule has 1 fully saturated rings. The molecule has 7 heteroatoms. The summed E-state index contributed by atoms with van der Waals surface area (Å²) in [6.45, 7) is 9.10. The molecule has 0 amide bonds. The van der Waals surface area contributed by atoms with E-state index in [-0.39, 0.29) is 0 Å². The van der Waals surface area contributed by atoms with Gasteiger partial charge in [-0.2, -0.15) is 4.40 Å². The number of benzene rings is 1. The van der Waals surface area contributed by atoms with E-state index in [9.17, 15) is 4.21 Å². The molecule has 1 aromatic carbocycles. The molecule has 2 aromatic rings. The average molecular weight is 378 g/mol. The summed E-state index contributed by atoms with van der Waals surface area (Å²) in [7, 11) is -1.34. The van der Waals surface area contributed by atoms with E-state index in [4.69, 9.17) is 4.74 Å². The van der Waals surface area contributed by atoms with E-state index in [0.717, 1.165) is 37.6 Å². The zero-order valence-electron chi connectivity index (χ0n) is 14.8. The van der Waals surface area contributed by atoms with Crippen LogP contribution in [0.15, 0.2) is 39.6 Å². The van der Waals surface area contributed by atoms with Crippen LogP contribution >= 0.6 is 11.3 Å². The second kappa shape index (κ2) is 7.76. The first-order valence-electron chi connectivity index (χ1n) is 8.27. The van der Waals surface area contributed by atoms with Crippen molar-refractivity contribution in [1.29, 1.82) is 0 Å². The Labute approximate surface area is 155 Å². The molecule has 1 unspecified atom stereocenters. The lowest BCUT2D eigenvalue weighted by Gasteiger charge is -2.29. The fourth-order valence-corrected chi connectivity index (χ4v) is 3.62. The Morgan fingerprint density at radius 3 is 2.48 bits per heavy atom. The normalized spacial score (nSPS) is 17.6. The van der Waals surface area contributed by atoms with Crippen LogP contribution < -0.4 is 4.90 Å². The molecule has 3 rings (SSSR count). The van der Waals surface area contributed by atoms with E-state index in [2.05, 4.69) is 26.4 Å². The Bertz CT molecular complexity index is 744. The van der Waals surface area contributed by atoms with Gasteiger partial charge in [0, 0.05) is 29.7 Å². The molecule has 1 atom stereocenters. The van der Waals surface area contributed by atoms with Crippen molar-refractivity contribution in [3.8, 4) is 0 Å². The first kappa shape index (κ1) is 18.2. The summed E-state index contributed by atoms with van der Waals surface area (Å²) < 4.78 is 22.0. The fourth-order valence-electron chi connectivity index (χ4n) is 2.45. The molecule has 1 aliphatic heterocycles. The molecular formula is C18H23N3O2S2. The maximum Gasteiger partial charge on any atom is 0.145 e. The molecule has 5 nitrogen and oxygen atoms in total. The predicted molar refractivity (Wildman–Crippen MR) is 105 cm³/mol. The summed E-state index contributed by atoms with van der Waals surface area (Å²) in [5, 5.41) is 1.94. The van der Waals surface area contributed by atoms with E-state index in [1.807, 2.05) is 38.3 Å². The molecule has 1 aliphatic rings. The van der Waals surface area contributed by atoms with Crippen molar-refractivity contribution < 1.29 is 8.95 Å². The Kier molecular flexibility index (Phi) is 5.66. The molecule has 0 N–H and O–H groups in total. The minimum absolute atomic E-state index is 0.408. The third kappa shape index (κ3) is 4.54. The summed E-state index contributed by atoms with van der Waals surface area (Å²) in [6.07, 6.45) is 0. The quantitative estimate of drug-likeness (QED) is 0.768. The van der Waals surface area contributed by atoms with Gasteiger partial charge in [0.05, 0.1) is 23.5 Å². The highest BCUT2D eigenvalue weighted by atomic mass is 32.2. The number of ether oxygens (including phenoxy) is 1. The third-order valence-electron chi connectivity index (χ3n) is 3.89. The number of morpholine rings is 1. The van der Waals surface area contributed by atoms with Crippen LogP contribution in [0.5, 0.6) is 0 Å². The largest absolute Gasteiger partial charge is 0.378 e. The lowest BCUT2D eigenvalue weighted by atomic mass is 10.1. The van der Waals surface area contributed by atoms with Crippen LogP contribution in [-0.2, 0) is 15.7 Å². The molecule has 0 radical (unpaired) electrons. The number of hydrogen-bond donors (Lipinski definition) is 0. The van der Waals surface area contributed by atoms with Gasteiger partial charge in [0.25, 0.3) is 0 Å².